The summed E-state index contributed by atoms with van der Waals surface area (Å²) < 4.78 is 9.03. The molecule has 0 atom stereocenters. The number of para-hydroxylation sites is 2. The van der Waals surface area contributed by atoms with E-state index < -0.39 is 0 Å². The van der Waals surface area contributed by atoms with E-state index in [1.165, 1.54) is 5.56 Å². The van der Waals surface area contributed by atoms with Gasteiger partial charge in [0.15, 0.2) is 0 Å². The lowest BCUT2D eigenvalue weighted by molar-refractivity contribution is 0.575. The minimum atomic E-state index is 0.674. The largest absolute Gasteiger partial charge is 0.455 e. The fraction of sp³-hybridized carbons (Fsp3) is 0.143. The molecule has 0 aliphatic carbocycles. The third kappa shape index (κ3) is 3.53. The van der Waals surface area contributed by atoms with Gasteiger partial charge in [0, 0.05) is 16.6 Å². The Morgan fingerprint density at radius 1 is 1.19 bits per heavy atom. The molecule has 1 N–H and O–H groups in total. The highest BCUT2D eigenvalue weighted by molar-refractivity contribution is 9.10. The van der Waals surface area contributed by atoms with Crippen molar-refractivity contribution in [2.45, 2.75) is 20.4 Å². The summed E-state index contributed by atoms with van der Waals surface area (Å²) in [4.78, 5) is 4.59. The average Bonchev–Trinajstić information content (AvgIpc) is 3.28. The molecule has 2 heterocycles. The van der Waals surface area contributed by atoms with Gasteiger partial charge in [-0.15, -0.1) is 0 Å². The average molecular weight is 423 g/mol. The van der Waals surface area contributed by atoms with Crippen molar-refractivity contribution in [1.29, 1.82) is 0 Å². The van der Waals surface area contributed by atoms with Crippen LogP contribution in [0.2, 0.25) is 0 Å². The summed E-state index contributed by atoms with van der Waals surface area (Å²) in [6, 6.07) is 18.0. The number of rotatable bonds is 5. The second-order valence-corrected chi connectivity index (χ2v) is 7.06. The van der Waals surface area contributed by atoms with E-state index in [2.05, 4.69) is 68.1 Å². The van der Waals surface area contributed by atoms with E-state index >= 15 is 0 Å². The topological polar surface area (TPSA) is 55.4 Å². The van der Waals surface area contributed by atoms with Crippen LogP contribution in [0.25, 0.3) is 22.4 Å². The molecule has 0 spiro atoms. The van der Waals surface area contributed by atoms with E-state index in [9.17, 15) is 0 Å². The number of halogens is 1. The molecule has 4 rings (SSSR count). The number of anilines is 1. The summed E-state index contributed by atoms with van der Waals surface area (Å²) in [6.07, 6.45) is 1.66. The Balaban J connectivity index is 1.53. The molecular weight excluding hydrogens is 404 g/mol. The fourth-order valence-electron chi connectivity index (χ4n) is 2.96. The number of benzene rings is 2. The van der Waals surface area contributed by atoms with Gasteiger partial charge in [-0.1, -0.05) is 40.2 Å². The molecule has 0 saturated heterocycles. The molecule has 0 aliphatic rings. The molecule has 0 unspecified atom stereocenters. The van der Waals surface area contributed by atoms with Gasteiger partial charge in [-0.2, -0.15) is 5.10 Å². The molecule has 5 nitrogen and oxygen atoms in total. The highest BCUT2D eigenvalue weighted by Gasteiger charge is 2.08. The molecule has 0 saturated carbocycles. The van der Waals surface area contributed by atoms with Gasteiger partial charge in [0.1, 0.15) is 11.5 Å². The molecular formula is C21H19BrN4O. The number of nitrogens with zero attached hydrogens (tertiary/aromatic N) is 3. The molecule has 0 fully saturated rings. The molecule has 2 aromatic carbocycles. The summed E-state index contributed by atoms with van der Waals surface area (Å²) in [6.45, 7) is 4.95. The molecule has 0 bridgehead atoms. The molecule has 27 heavy (non-hydrogen) atoms. The van der Waals surface area contributed by atoms with Crippen LogP contribution in [0.5, 0.6) is 0 Å². The lowest BCUT2D eigenvalue weighted by atomic mass is 10.1. The monoisotopic (exact) mass is 422 g/mol. The van der Waals surface area contributed by atoms with Crippen LogP contribution < -0.4 is 5.43 Å². The maximum Gasteiger partial charge on any atom is 0.224 e. The molecule has 0 amide bonds. The maximum atomic E-state index is 5.88. The number of aromatic nitrogens is 2. The number of hydrogen-bond donors (Lipinski definition) is 1. The van der Waals surface area contributed by atoms with Crippen molar-refractivity contribution in [1.82, 2.24) is 9.55 Å². The Hall–Kier alpha value is -2.86. The molecule has 2 aromatic heterocycles. The van der Waals surface area contributed by atoms with Gasteiger partial charge >= 0.3 is 0 Å². The minimum Gasteiger partial charge on any atom is -0.455 e. The summed E-state index contributed by atoms with van der Waals surface area (Å²) in [7, 11) is 0. The van der Waals surface area contributed by atoms with E-state index in [1.807, 2.05) is 36.4 Å². The zero-order chi connectivity index (χ0) is 18.8. The number of nitrogens with one attached hydrogen (secondary N) is 1. The highest BCUT2D eigenvalue weighted by Crippen LogP contribution is 2.27. The summed E-state index contributed by atoms with van der Waals surface area (Å²) in [5.74, 6) is 2.19. The highest BCUT2D eigenvalue weighted by atomic mass is 79.9. The molecule has 0 radical (unpaired) electrons. The van der Waals surface area contributed by atoms with Gasteiger partial charge < -0.3 is 8.98 Å². The predicted molar refractivity (Wildman–Crippen MR) is 113 cm³/mol. The number of hydrogen-bond acceptors (Lipinski definition) is 4. The first-order chi connectivity index (χ1) is 13.2. The standard InChI is InChI=1S/C21H19BrN4O/c1-3-26-19-7-5-4-6-18(19)24-21(26)25-23-13-16-10-11-20(27-16)15-9-8-14(2)17(22)12-15/h4-13H,3H2,1-2H3,(H,24,25)/b23-13-. The summed E-state index contributed by atoms with van der Waals surface area (Å²) >= 11 is 3.56. The number of furan rings is 1. The van der Waals surface area contributed by atoms with Crippen LogP contribution in [-0.4, -0.2) is 15.8 Å². The Morgan fingerprint density at radius 3 is 2.85 bits per heavy atom. The zero-order valence-corrected chi connectivity index (χ0v) is 16.7. The maximum absolute atomic E-state index is 5.88. The van der Waals surface area contributed by atoms with Crippen LogP contribution in [0, 0.1) is 6.92 Å². The molecule has 136 valence electrons. The van der Waals surface area contributed by atoms with Crippen LogP contribution in [0.15, 0.2) is 68.6 Å². The van der Waals surface area contributed by atoms with Crippen molar-refractivity contribution in [3.8, 4) is 11.3 Å². The quantitative estimate of drug-likeness (QED) is 0.325. The van der Waals surface area contributed by atoms with Crippen LogP contribution in [0.1, 0.15) is 18.2 Å². The molecule has 6 heteroatoms. The Kier molecular flexibility index (Phi) is 4.81. The summed E-state index contributed by atoms with van der Waals surface area (Å²) in [5.41, 5.74) is 7.27. The van der Waals surface area contributed by atoms with Gasteiger partial charge in [0.25, 0.3) is 0 Å². The number of imidazole rings is 1. The minimum absolute atomic E-state index is 0.674. The number of fused-ring (bicyclic) bond motifs is 1. The first-order valence-corrected chi connectivity index (χ1v) is 9.55. The van der Waals surface area contributed by atoms with Gasteiger partial charge in [0.2, 0.25) is 5.95 Å². The van der Waals surface area contributed by atoms with Gasteiger partial charge in [-0.05, 0) is 49.7 Å². The van der Waals surface area contributed by atoms with Crippen LogP contribution in [0.4, 0.5) is 5.95 Å². The van der Waals surface area contributed by atoms with Gasteiger partial charge in [-0.3, -0.25) is 0 Å². The summed E-state index contributed by atoms with van der Waals surface area (Å²) in [5, 5.41) is 4.29. The van der Waals surface area contributed by atoms with E-state index in [0.717, 1.165) is 33.4 Å². The van der Waals surface area contributed by atoms with Crippen molar-refractivity contribution in [3.05, 3.63) is 70.4 Å². The van der Waals surface area contributed by atoms with E-state index in [0.29, 0.717) is 11.7 Å². The molecule has 0 aliphatic heterocycles. The van der Waals surface area contributed by atoms with Crippen LogP contribution in [-0.2, 0) is 6.54 Å². The lowest BCUT2D eigenvalue weighted by Gasteiger charge is -2.04. The van der Waals surface area contributed by atoms with Gasteiger partial charge in [-0.25, -0.2) is 10.4 Å². The van der Waals surface area contributed by atoms with Gasteiger partial charge in [0.05, 0.1) is 17.2 Å². The van der Waals surface area contributed by atoms with E-state index in [1.54, 1.807) is 6.21 Å². The molecule has 4 aromatic rings. The normalized spacial score (nSPS) is 11.5. The van der Waals surface area contributed by atoms with E-state index in [-0.39, 0.29) is 0 Å². The van der Waals surface area contributed by atoms with Crippen LogP contribution >= 0.6 is 15.9 Å². The predicted octanol–water partition coefficient (Wildman–Crippen LogP) is 5.83. The second kappa shape index (κ2) is 7.40. The Bertz CT molecular complexity index is 1130. The number of aryl methyl sites for hydroxylation is 2. The third-order valence-electron chi connectivity index (χ3n) is 4.41. The Labute approximate surface area is 165 Å². The first-order valence-electron chi connectivity index (χ1n) is 8.76. The zero-order valence-electron chi connectivity index (χ0n) is 15.1. The van der Waals surface area contributed by atoms with Crippen molar-refractivity contribution in [3.63, 3.8) is 0 Å². The smallest absolute Gasteiger partial charge is 0.224 e. The van der Waals surface area contributed by atoms with Crippen molar-refractivity contribution < 1.29 is 4.42 Å². The lowest BCUT2D eigenvalue weighted by Crippen LogP contribution is -2.01. The van der Waals surface area contributed by atoms with Crippen LogP contribution in [0.3, 0.4) is 0 Å². The first kappa shape index (κ1) is 17.5. The van der Waals surface area contributed by atoms with Crippen molar-refractivity contribution in [2.75, 3.05) is 5.43 Å². The fourth-order valence-corrected chi connectivity index (χ4v) is 3.34. The van der Waals surface area contributed by atoms with Crippen molar-refractivity contribution in [2.24, 2.45) is 5.10 Å². The third-order valence-corrected chi connectivity index (χ3v) is 5.26. The van der Waals surface area contributed by atoms with E-state index in [4.69, 9.17) is 4.42 Å². The SMILES string of the molecule is CCn1c(N/N=C\c2ccc(-c3ccc(C)c(Br)c3)o2)nc2ccccc21. The Morgan fingerprint density at radius 2 is 2.04 bits per heavy atom. The number of hydrazone groups is 1. The van der Waals surface area contributed by atoms with Crippen molar-refractivity contribution >= 4 is 39.1 Å². The second-order valence-electron chi connectivity index (χ2n) is 6.20.